The van der Waals surface area contributed by atoms with Crippen molar-refractivity contribution < 1.29 is 39.8 Å². The highest BCUT2D eigenvalue weighted by Crippen LogP contribution is 2.23. The molecule has 0 bridgehead atoms. The van der Waals surface area contributed by atoms with Crippen LogP contribution in [0.1, 0.15) is 354 Å². The number of hydrogen-bond donors (Lipinski definition) is 6. The number of hydrogen-bond acceptors (Lipinski definition) is 8. The van der Waals surface area contributed by atoms with Gasteiger partial charge in [-0.05, 0) is 44.9 Å². The number of aliphatic hydroxyl groups excluding tert-OH is 5. The molecule has 1 aliphatic rings. The first-order chi connectivity index (χ1) is 39.3. The van der Waals surface area contributed by atoms with E-state index in [-0.39, 0.29) is 12.5 Å². The van der Waals surface area contributed by atoms with Crippen molar-refractivity contribution >= 4 is 5.91 Å². The van der Waals surface area contributed by atoms with E-state index in [9.17, 15) is 30.3 Å². The standard InChI is InChI=1S/C71H135NO8/c1-3-5-7-9-11-13-15-17-19-21-23-25-27-29-30-31-32-33-34-35-37-38-40-42-44-46-48-50-52-54-56-58-60-65(74)64(63-79-71-70(78)69(77)68(76)66(62-73)80-71)72-67(75)61-59-57-55-53-51-49-47-45-43-41-39-36-28-26-24-22-20-18-16-14-12-10-8-6-4-2/h42,44,50,52,58,60,64-66,68-71,73-74,76-78H,3-41,43,45-49,51,53-57,59,61-63H2,1-2H3,(H,72,75)/b44-42+,52-50+,60-58+. The summed E-state index contributed by atoms with van der Waals surface area (Å²) in [6.45, 7) is 3.82. The average molecular weight is 1130 g/mol. The molecule has 1 saturated heterocycles. The molecule has 7 atom stereocenters. The van der Waals surface area contributed by atoms with Gasteiger partial charge < -0.3 is 40.3 Å². The lowest BCUT2D eigenvalue weighted by Gasteiger charge is -2.40. The second-order valence-corrected chi connectivity index (χ2v) is 24.7. The Labute approximate surface area is 495 Å². The van der Waals surface area contributed by atoms with E-state index in [1.54, 1.807) is 6.08 Å². The monoisotopic (exact) mass is 1130 g/mol. The van der Waals surface area contributed by atoms with Crippen molar-refractivity contribution in [3.8, 4) is 0 Å². The van der Waals surface area contributed by atoms with Crippen LogP contribution in [0.3, 0.4) is 0 Å². The Kier molecular flexibility index (Phi) is 57.8. The predicted octanol–water partition coefficient (Wildman–Crippen LogP) is 19.0. The van der Waals surface area contributed by atoms with E-state index in [4.69, 9.17) is 9.47 Å². The van der Waals surface area contributed by atoms with Gasteiger partial charge in [-0.1, -0.05) is 339 Å². The third-order valence-electron chi connectivity index (χ3n) is 16.9. The third kappa shape index (κ3) is 48.7. The predicted molar refractivity (Wildman–Crippen MR) is 341 cm³/mol. The highest BCUT2D eigenvalue weighted by atomic mass is 16.7. The number of carbonyl (C=O) groups excluding carboxylic acids is 1. The van der Waals surface area contributed by atoms with Gasteiger partial charge in [0.2, 0.25) is 5.91 Å². The Balaban J connectivity index is 2.15. The van der Waals surface area contributed by atoms with Crippen molar-refractivity contribution in [2.45, 2.75) is 397 Å². The fourth-order valence-corrected chi connectivity index (χ4v) is 11.4. The molecule has 0 aromatic heterocycles. The summed E-state index contributed by atoms with van der Waals surface area (Å²) in [5.74, 6) is -0.183. The van der Waals surface area contributed by atoms with E-state index < -0.39 is 49.5 Å². The summed E-state index contributed by atoms with van der Waals surface area (Å²) in [6, 6.07) is -0.828. The molecule has 80 heavy (non-hydrogen) atoms. The van der Waals surface area contributed by atoms with Crippen LogP contribution in [-0.2, 0) is 14.3 Å². The maximum Gasteiger partial charge on any atom is 0.220 e. The number of unbranched alkanes of at least 4 members (excludes halogenated alkanes) is 48. The molecule has 0 radical (unpaired) electrons. The van der Waals surface area contributed by atoms with Crippen molar-refractivity contribution in [1.29, 1.82) is 0 Å². The molecule has 0 aromatic rings. The summed E-state index contributed by atoms with van der Waals surface area (Å²) in [7, 11) is 0. The molecular weight excluding hydrogens is 995 g/mol. The number of rotatable bonds is 62. The molecule has 9 heteroatoms. The lowest BCUT2D eigenvalue weighted by atomic mass is 9.99. The van der Waals surface area contributed by atoms with Gasteiger partial charge in [0, 0.05) is 6.42 Å². The van der Waals surface area contributed by atoms with E-state index in [2.05, 4.69) is 43.5 Å². The lowest BCUT2D eigenvalue weighted by molar-refractivity contribution is -0.302. The van der Waals surface area contributed by atoms with E-state index in [0.29, 0.717) is 6.42 Å². The maximum absolute atomic E-state index is 13.1. The molecule has 7 unspecified atom stereocenters. The molecule has 1 fully saturated rings. The molecule has 0 aromatic carbocycles. The highest BCUT2D eigenvalue weighted by Gasteiger charge is 2.44. The molecule has 1 heterocycles. The zero-order valence-corrected chi connectivity index (χ0v) is 52.9. The topological polar surface area (TPSA) is 149 Å². The molecule has 1 rings (SSSR count). The smallest absolute Gasteiger partial charge is 0.220 e. The van der Waals surface area contributed by atoms with E-state index in [1.165, 1.54) is 289 Å². The van der Waals surface area contributed by atoms with Gasteiger partial charge in [-0.15, -0.1) is 0 Å². The summed E-state index contributed by atoms with van der Waals surface area (Å²) in [6.07, 6.45) is 74.1. The van der Waals surface area contributed by atoms with Crippen LogP contribution in [-0.4, -0.2) is 87.5 Å². The Bertz CT molecular complexity index is 1360. The van der Waals surface area contributed by atoms with E-state index in [1.807, 2.05) is 6.08 Å². The SMILES string of the molecule is CCCCCCCCCCCCCCCCCCCCCCCC/C=C/CC/C=C/CC/C=C/C(O)C(COC1OC(CO)C(O)C(O)C1O)NC(=O)CCCCCCCCCCCCCCCCCCCCCCCCCCC. The fraction of sp³-hybridized carbons (Fsp3) is 0.901. The Hall–Kier alpha value is -1.59. The van der Waals surface area contributed by atoms with Crippen LogP contribution < -0.4 is 5.32 Å². The quantitative estimate of drug-likeness (QED) is 0.0261. The number of aliphatic hydroxyl groups is 5. The molecule has 472 valence electrons. The van der Waals surface area contributed by atoms with Gasteiger partial charge in [-0.2, -0.15) is 0 Å². The van der Waals surface area contributed by atoms with Crippen LogP contribution in [0.25, 0.3) is 0 Å². The zero-order chi connectivity index (χ0) is 57.9. The van der Waals surface area contributed by atoms with Crippen molar-refractivity contribution in [1.82, 2.24) is 5.32 Å². The molecule has 6 N–H and O–H groups in total. The molecule has 0 spiro atoms. The van der Waals surface area contributed by atoms with Crippen molar-refractivity contribution in [2.24, 2.45) is 0 Å². The van der Waals surface area contributed by atoms with Crippen molar-refractivity contribution in [2.75, 3.05) is 13.2 Å². The Morgan fingerprint density at radius 3 is 1.05 bits per heavy atom. The summed E-state index contributed by atoms with van der Waals surface area (Å²) in [5, 5.41) is 54.7. The molecule has 9 nitrogen and oxygen atoms in total. The minimum Gasteiger partial charge on any atom is -0.394 e. The summed E-state index contributed by atoms with van der Waals surface area (Å²) in [4.78, 5) is 13.1. The average Bonchev–Trinajstić information content (AvgIpc) is 3.46. The fourth-order valence-electron chi connectivity index (χ4n) is 11.4. The molecular formula is C71H135NO8. The minimum atomic E-state index is -1.57. The van der Waals surface area contributed by atoms with Gasteiger partial charge in [0.05, 0.1) is 25.4 Å². The largest absolute Gasteiger partial charge is 0.394 e. The third-order valence-corrected chi connectivity index (χ3v) is 16.9. The Morgan fingerprint density at radius 2 is 0.713 bits per heavy atom. The van der Waals surface area contributed by atoms with Crippen LogP contribution in [0.5, 0.6) is 0 Å². The van der Waals surface area contributed by atoms with Gasteiger partial charge in [-0.3, -0.25) is 4.79 Å². The summed E-state index contributed by atoms with van der Waals surface area (Å²) in [5.41, 5.74) is 0. The number of ether oxygens (including phenoxy) is 2. The van der Waals surface area contributed by atoms with Gasteiger partial charge in [0.1, 0.15) is 24.4 Å². The molecule has 1 amide bonds. The first-order valence-corrected chi connectivity index (χ1v) is 35.2. The van der Waals surface area contributed by atoms with Gasteiger partial charge in [-0.25, -0.2) is 0 Å². The van der Waals surface area contributed by atoms with Gasteiger partial charge in [0.15, 0.2) is 6.29 Å². The second kappa shape index (κ2) is 60.5. The summed E-state index contributed by atoms with van der Waals surface area (Å²) < 4.78 is 11.3. The van der Waals surface area contributed by atoms with E-state index >= 15 is 0 Å². The van der Waals surface area contributed by atoms with Gasteiger partial charge >= 0.3 is 0 Å². The van der Waals surface area contributed by atoms with E-state index in [0.717, 1.165) is 44.9 Å². The number of nitrogens with one attached hydrogen (secondary N) is 1. The number of allylic oxidation sites excluding steroid dienone is 5. The normalized spacial score (nSPS) is 18.6. The first kappa shape index (κ1) is 76.4. The van der Waals surface area contributed by atoms with Crippen LogP contribution in [0, 0.1) is 0 Å². The summed E-state index contributed by atoms with van der Waals surface area (Å²) >= 11 is 0. The highest BCUT2D eigenvalue weighted by molar-refractivity contribution is 5.76. The van der Waals surface area contributed by atoms with Crippen LogP contribution in [0.2, 0.25) is 0 Å². The molecule has 1 aliphatic heterocycles. The maximum atomic E-state index is 13.1. The van der Waals surface area contributed by atoms with Crippen molar-refractivity contribution in [3.63, 3.8) is 0 Å². The minimum absolute atomic E-state index is 0.183. The van der Waals surface area contributed by atoms with Gasteiger partial charge in [0.25, 0.3) is 0 Å². The van der Waals surface area contributed by atoms with Crippen LogP contribution in [0.4, 0.5) is 0 Å². The number of carbonyl (C=O) groups is 1. The Morgan fingerprint density at radius 1 is 0.412 bits per heavy atom. The second-order valence-electron chi connectivity index (χ2n) is 24.7. The van der Waals surface area contributed by atoms with Crippen LogP contribution in [0.15, 0.2) is 36.5 Å². The molecule has 0 saturated carbocycles. The van der Waals surface area contributed by atoms with Crippen LogP contribution >= 0.6 is 0 Å². The lowest BCUT2D eigenvalue weighted by Crippen LogP contribution is -2.60. The molecule has 0 aliphatic carbocycles. The number of amides is 1. The van der Waals surface area contributed by atoms with Crippen molar-refractivity contribution in [3.05, 3.63) is 36.5 Å². The first-order valence-electron chi connectivity index (χ1n) is 35.2. The zero-order valence-electron chi connectivity index (χ0n) is 52.9.